The molecule has 2 aromatic rings. The molecule has 1 atom stereocenters. The molecular weight excluding hydrogens is 443 g/mol. The molecule has 0 aliphatic heterocycles. The first-order valence-corrected chi connectivity index (χ1v) is 11.5. The Bertz CT molecular complexity index is 862. The smallest absolute Gasteiger partial charge is 0.242 e. The lowest BCUT2D eigenvalue weighted by atomic mass is 10.1. The molecule has 2 rings (SSSR count). The Kier molecular flexibility index (Phi) is 9.82. The number of thioether (sulfide) groups is 1. The van der Waals surface area contributed by atoms with Crippen molar-refractivity contribution in [2.24, 2.45) is 0 Å². The Morgan fingerprint density at radius 1 is 1.10 bits per heavy atom. The van der Waals surface area contributed by atoms with Crippen molar-refractivity contribution in [3.8, 4) is 5.75 Å². The minimum atomic E-state index is -0.603. The second-order valence-corrected chi connectivity index (χ2v) is 8.48. The number of ether oxygens (including phenoxy) is 1. The summed E-state index contributed by atoms with van der Waals surface area (Å²) in [5.74, 6) is 1.44. The number of methoxy groups -OCH3 is 1. The summed E-state index contributed by atoms with van der Waals surface area (Å²) in [5, 5.41) is 3.65. The molecule has 8 heteroatoms. The molecule has 5 nitrogen and oxygen atoms in total. The highest BCUT2D eigenvalue weighted by molar-refractivity contribution is 7.99. The van der Waals surface area contributed by atoms with E-state index >= 15 is 0 Å². The maximum absolute atomic E-state index is 13.0. The summed E-state index contributed by atoms with van der Waals surface area (Å²) in [6.07, 6.45) is 0. The van der Waals surface area contributed by atoms with Crippen molar-refractivity contribution in [2.75, 3.05) is 19.4 Å². The van der Waals surface area contributed by atoms with Crippen LogP contribution in [0.2, 0.25) is 10.0 Å². The van der Waals surface area contributed by atoms with E-state index in [2.05, 4.69) is 5.32 Å². The number of carbonyl (C=O) groups excluding carboxylic acids is 2. The van der Waals surface area contributed by atoms with Gasteiger partial charge in [-0.05, 0) is 49.2 Å². The van der Waals surface area contributed by atoms with E-state index in [1.54, 1.807) is 31.1 Å². The number of hydrogen-bond acceptors (Lipinski definition) is 4. The van der Waals surface area contributed by atoms with E-state index in [-0.39, 0.29) is 24.1 Å². The summed E-state index contributed by atoms with van der Waals surface area (Å²) >= 11 is 13.6. The van der Waals surface area contributed by atoms with Crippen LogP contribution in [0.15, 0.2) is 42.5 Å². The van der Waals surface area contributed by atoms with Crippen LogP contribution in [-0.2, 0) is 21.9 Å². The van der Waals surface area contributed by atoms with Crippen molar-refractivity contribution in [1.82, 2.24) is 10.2 Å². The minimum Gasteiger partial charge on any atom is -0.497 e. The molecule has 0 unspecified atom stereocenters. The highest BCUT2D eigenvalue weighted by Gasteiger charge is 2.25. The highest BCUT2D eigenvalue weighted by Crippen LogP contribution is 2.24. The molecule has 0 spiro atoms. The first-order chi connectivity index (χ1) is 14.3. The van der Waals surface area contributed by atoms with E-state index in [1.807, 2.05) is 37.3 Å². The van der Waals surface area contributed by atoms with Crippen molar-refractivity contribution in [2.45, 2.75) is 32.2 Å². The third-order valence-electron chi connectivity index (χ3n) is 4.51. The molecule has 0 radical (unpaired) electrons. The van der Waals surface area contributed by atoms with E-state index < -0.39 is 6.04 Å². The van der Waals surface area contributed by atoms with Gasteiger partial charge in [-0.1, -0.05) is 41.4 Å². The average Bonchev–Trinajstić information content (AvgIpc) is 2.74. The molecule has 0 saturated carbocycles. The number of halogens is 2. The molecule has 0 fully saturated rings. The van der Waals surface area contributed by atoms with Crippen molar-refractivity contribution < 1.29 is 14.3 Å². The quantitative estimate of drug-likeness (QED) is 0.544. The van der Waals surface area contributed by atoms with Gasteiger partial charge in [-0.2, -0.15) is 0 Å². The van der Waals surface area contributed by atoms with Crippen LogP contribution >= 0.6 is 35.0 Å². The van der Waals surface area contributed by atoms with Crippen LogP contribution in [-0.4, -0.2) is 42.2 Å². The Labute approximate surface area is 192 Å². The van der Waals surface area contributed by atoms with Gasteiger partial charge in [0, 0.05) is 18.8 Å². The number of rotatable bonds is 10. The van der Waals surface area contributed by atoms with E-state index in [4.69, 9.17) is 27.9 Å². The molecule has 0 bridgehead atoms. The zero-order chi connectivity index (χ0) is 22.1. The summed E-state index contributed by atoms with van der Waals surface area (Å²) in [6.45, 7) is 4.36. The van der Waals surface area contributed by atoms with Gasteiger partial charge in [-0.15, -0.1) is 11.8 Å². The predicted octanol–water partition coefficient (Wildman–Crippen LogP) is 4.79. The fourth-order valence-corrected chi connectivity index (χ4v) is 3.99. The van der Waals surface area contributed by atoms with Crippen LogP contribution in [0.25, 0.3) is 0 Å². The zero-order valence-electron chi connectivity index (χ0n) is 17.3. The number of likely N-dealkylation sites (N-methyl/N-ethyl adjacent to an activating group) is 1. The summed E-state index contributed by atoms with van der Waals surface area (Å²) < 4.78 is 5.16. The van der Waals surface area contributed by atoms with Gasteiger partial charge in [0.25, 0.3) is 0 Å². The largest absolute Gasteiger partial charge is 0.497 e. The van der Waals surface area contributed by atoms with Gasteiger partial charge in [0.05, 0.1) is 22.9 Å². The number of benzene rings is 2. The third-order valence-corrected chi connectivity index (χ3v) is 6.24. The molecule has 0 saturated heterocycles. The van der Waals surface area contributed by atoms with Crippen molar-refractivity contribution in [1.29, 1.82) is 0 Å². The number of nitrogens with one attached hydrogen (secondary N) is 1. The van der Waals surface area contributed by atoms with Crippen LogP contribution in [0.1, 0.15) is 25.0 Å². The Morgan fingerprint density at radius 2 is 1.77 bits per heavy atom. The Morgan fingerprint density at radius 3 is 2.37 bits per heavy atom. The summed E-state index contributed by atoms with van der Waals surface area (Å²) in [6, 6.07) is 12.4. The van der Waals surface area contributed by atoms with Crippen LogP contribution in [0, 0.1) is 0 Å². The zero-order valence-corrected chi connectivity index (χ0v) is 19.6. The molecule has 0 aliphatic rings. The number of amides is 2. The second-order valence-electron chi connectivity index (χ2n) is 6.68. The van der Waals surface area contributed by atoms with E-state index in [0.717, 1.165) is 16.9 Å². The molecule has 30 heavy (non-hydrogen) atoms. The summed E-state index contributed by atoms with van der Waals surface area (Å²) in [7, 11) is 1.63. The van der Waals surface area contributed by atoms with Crippen molar-refractivity contribution >= 4 is 46.8 Å². The highest BCUT2D eigenvalue weighted by atomic mass is 35.5. The standard InChI is InChI=1S/C22H26Cl2N2O3S/c1-4-25-22(28)15(2)26(12-17-7-10-19(23)20(24)11-17)21(27)14-30-13-16-5-8-18(29-3)9-6-16/h5-11,15H,4,12-14H2,1-3H3,(H,25,28)/t15-/m1/s1. The molecule has 1 N–H and O–H groups in total. The lowest BCUT2D eigenvalue weighted by Gasteiger charge is -2.28. The number of carbonyl (C=O) groups is 2. The van der Waals surface area contributed by atoms with Crippen LogP contribution in [0.4, 0.5) is 0 Å². The normalized spacial score (nSPS) is 11.6. The lowest BCUT2D eigenvalue weighted by Crippen LogP contribution is -2.48. The lowest BCUT2D eigenvalue weighted by molar-refractivity contribution is -0.138. The summed E-state index contributed by atoms with van der Waals surface area (Å²) in [5.41, 5.74) is 1.91. The van der Waals surface area contributed by atoms with Gasteiger partial charge in [-0.25, -0.2) is 0 Å². The van der Waals surface area contributed by atoms with E-state index in [1.165, 1.54) is 11.8 Å². The molecule has 0 aromatic heterocycles. The summed E-state index contributed by atoms with van der Waals surface area (Å²) in [4.78, 5) is 26.9. The van der Waals surface area contributed by atoms with Gasteiger partial charge in [-0.3, -0.25) is 9.59 Å². The predicted molar refractivity (Wildman–Crippen MR) is 124 cm³/mol. The van der Waals surface area contributed by atoms with E-state index in [0.29, 0.717) is 22.3 Å². The van der Waals surface area contributed by atoms with Crippen LogP contribution in [0.5, 0.6) is 5.75 Å². The van der Waals surface area contributed by atoms with Gasteiger partial charge >= 0.3 is 0 Å². The maximum Gasteiger partial charge on any atom is 0.242 e. The SMILES string of the molecule is CCNC(=O)[C@@H](C)N(Cc1ccc(Cl)c(Cl)c1)C(=O)CSCc1ccc(OC)cc1. The fourth-order valence-electron chi connectivity index (χ4n) is 2.80. The average molecular weight is 469 g/mol. The molecule has 0 heterocycles. The number of nitrogens with zero attached hydrogens (tertiary/aromatic N) is 1. The molecule has 0 aliphatic carbocycles. The van der Waals surface area contributed by atoms with Gasteiger partial charge in [0.15, 0.2) is 0 Å². The molecule has 162 valence electrons. The second kappa shape index (κ2) is 12.1. The maximum atomic E-state index is 13.0. The Balaban J connectivity index is 2.06. The van der Waals surface area contributed by atoms with Crippen molar-refractivity contribution in [3.05, 3.63) is 63.6 Å². The monoisotopic (exact) mass is 468 g/mol. The Hall–Kier alpha value is -1.89. The fraction of sp³-hybridized carbons (Fsp3) is 0.364. The minimum absolute atomic E-state index is 0.113. The molecule has 2 aromatic carbocycles. The first-order valence-electron chi connectivity index (χ1n) is 9.57. The third kappa shape index (κ3) is 7.11. The topological polar surface area (TPSA) is 58.6 Å². The molecule has 2 amide bonds. The van der Waals surface area contributed by atoms with E-state index in [9.17, 15) is 9.59 Å². The van der Waals surface area contributed by atoms with Gasteiger partial charge < -0.3 is 15.0 Å². The van der Waals surface area contributed by atoms with Crippen molar-refractivity contribution in [3.63, 3.8) is 0 Å². The van der Waals surface area contributed by atoms with Crippen LogP contribution in [0.3, 0.4) is 0 Å². The first kappa shape index (κ1) is 24.4. The van der Waals surface area contributed by atoms with Gasteiger partial charge in [0.2, 0.25) is 11.8 Å². The number of hydrogen-bond donors (Lipinski definition) is 1. The van der Waals surface area contributed by atoms with Crippen LogP contribution < -0.4 is 10.1 Å². The molecular formula is C22H26Cl2N2O3S. The van der Waals surface area contributed by atoms with Gasteiger partial charge in [0.1, 0.15) is 11.8 Å².